The summed E-state index contributed by atoms with van der Waals surface area (Å²) in [6.45, 7) is 13.3. The fraction of sp³-hybridized carbons (Fsp3) is 0.320. The molecule has 29 heavy (non-hydrogen) atoms. The Hall–Kier alpha value is -2.52. The van der Waals surface area contributed by atoms with Crippen LogP contribution in [0.3, 0.4) is 0 Å². The molecule has 0 fully saturated rings. The molecular weight excluding hydrogens is 380 g/mol. The number of aromatic nitrogens is 1. The molecule has 0 saturated carbocycles. The maximum atomic E-state index is 12.5. The Morgan fingerprint density at radius 1 is 1.14 bits per heavy atom. The van der Waals surface area contributed by atoms with E-state index in [1.54, 1.807) is 6.07 Å². The summed E-state index contributed by atoms with van der Waals surface area (Å²) in [7, 11) is 2.02. The van der Waals surface area contributed by atoms with Crippen molar-refractivity contribution in [3.05, 3.63) is 81.1 Å². The normalized spacial score (nSPS) is 11.3. The summed E-state index contributed by atoms with van der Waals surface area (Å²) in [5.74, 6) is 0.265. The molecule has 0 aliphatic rings. The molecule has 0 spiro atoms. The van der Waals surface area contributed by atoms with Crippen molar-refractivity contribution in [2.75, 3.05) is 11.9 Å². The van der Waals surface area contributed by atoms with Crippen molar-refractivity contribution in [3.8, 4) is 0 Å². The summed E-state index contributed by atoms with van der Waals surface area (Å²) in [5, 5.41) is 1.90. The Labute approximate surface area is 178 Å². The third kappa shape index (κ3) is 3.97. The highest BCUT2D eigenvalue weighted by atomic mass is 35.5. The predicted molar refractivity (Wildman–Crippen MR) is 126 cm³/mol. The second-order valence-electron chi connectivity index (χ2n) is 7.70. The minimum Gasteiger partial charge on any atom is -0.345 e. The van der Waals surface area contributed by atoms with Crippen LogP contribution in [0.15, 0.2) is 53.8 Å². The van der Waals surface area contributed by atoms with E-state index in [0.29, 0.717) is 6.54 Å². The van der Waals surface area contributed by atoms with Gasteiger partial charge >= 0.3 is 0 Å². The Bertz CT molecular complexity index is 1130. The standard InChI is InChI=1S/C25H29ClN2O/c1-7-18-13-20(10-11-23(18)26)27(6)17(5)19-9-12-24-22(14-19)21(16(3)4)15-25(29)28(24)8-2/h9-16H,5,7-8H2,1-4,6H3. The van der Waals surface area contributed by atoms with Gasteiger partial charge in [-0.15, -0.1) is 0 Å². The molecule has 0 atom stereocenters. The maximum Gasteiger partial charge on any atom is 0.251 e. The van der Waals surface area contributed by atoms with Crippen molar-refractivity contribution in [3.63, 3.8) is 0 Å². The molecule has 4 heteroatoms. The van der Waals surface area contributed by atoms with Gasteiger partial charge in [0, 0.05) is 41.5 Å². The lowest BCUT2D eigenvalue weighted by Crippen LogP contribution is -2.20. The molecule has 2 aromatic carbocycles. The number of pyridine rings is 1. The van der Waals surface area contributed by atoms with Crippen molar-refractivity contribution in [2.45, 2.75) is 46.6 Å². The molecule has 0 unspecified atom stereocenters. The van der Waals surface area contributed by atoms with E-state index in [0.717, 1.165) is 50.4 Å². The monoisotopic (exact) mass is 408 g/mol. The largest absolute Gasteiger partial charge is 0.345 e. The van der Waals surface area contributed by atoms with Gasteiger partial charge in [-0.2, -0.15) is 0 Å². The van der Waals surface area contributed by atoms with Gasteiger partial charge in [0.05, 0.1) is 5.52 Å². The zero-order chi connectivity index (χ0) is 21.3. The van der Waals surface area contributed by atoms with Crippen molar-refractivity contribution in [1.29, 1.82) is 0 Å². The van der Waals surface area contributed by atoms with E-state index in [1.807, 2.05) is 42.8 Å². The molecule has 3 nitrogen and oxygen atoms in total. The number of fused-ring (bicyclic) bond motifs is 1. The summed E-state index contributed by atoms with van der Waals surface area (Å²) in [5.41, 5.74) is 6.22. The summed E-state index contributed by atoms with van der Waals surface area (Å²) in [6.07, 6.45) is 0.884. The maximum absolute atomic E-state index is 12.5. The van der Waals surface area contributed by atoms with Gasteiger partial charge in [0.1, 0.15) is 0 Å². The number of halogens is 1. The highest BCUT2D eigenvalue weighted by Gasteiger charge is 2.14. The lowest BCUT2D eigenvalue weighted by atomic mass is 9.96. The van der Waals surface area contributed by atoms with Gasteiger partial charge in [-0.25, -0.2) is 0 Å². The minimum atomic E-state index is 0.0562. The number of benzene rings is 2. The molecule has 3 rings (SSSR count). The molecule has 0 bridgehead atoms. The van der Waals surface area contributed by atoms with Gasteiger partial charge in [0.15, 0.2) is 0 Å². The predicted octanol–water partition coefficient (Wildman–Crippen LogP) is 6.47. The van der Waals surface area contributed by atoms with E-state index < -0.39 is 0 Å². The molecule has 0 aliphatic heterocycles. The first-order valence-corrected chi connectivity index (χ1v) is 10.5. The average Bonchev–Trinajstić information content (AvgIpc) is 2.72. The smallest absolute Gasteiger partial charge is 0.251 e. The first-order valence-electron chi connectivity index (χ1n) is 10.2. The van der Waals surface area contributed by atoms with Gasteiger partial charge < -0.3 is 9.47 Å². The van der Waals surface area contributed by atoms with E-state index in [4.69, 9.17) is 11.6 Å². The lowest BCUT2D eigenvalue weighted by molar-refractivity contribution is 0.751. The Morgan fingerprint density at radius 3 is 2.48 bits per heavy atom. The van der Waals surface area contributed by atoms with Crippen LogP contribution < -0.4 is 10.5 Å². The van der Waals surface area contributed by atoms with Crippen LogP contribution in [0.25, 0.3) is 16.6 Å². The van der Waals surface area contributed by atoms with Crippen molar-refractivity contribution < 1.29 is 0 Å². The lowest BCUT2D eigenvalue weighted by Gasteiger charge is -2.24. The zero-order valence-electron chi connectivity index (χ0n) is 17.9. The van der Waals surface area contributed by atoms with Crippen LogP contribution in [0.2, 0.25) is 5.02 Å². The van der Waals surface area contributed by atoms with Crippen LogP contribution in [0.4, 0.5) is 5.69 Å². The van der Waals surface area contributed by atoms with Gasteiger partial charge in [0.2, 0.25) is 0 Å². The van der Waals surface area contributed by atoms with Crippen LogP contribution in [-0.2, 0) is 13.0 Å². The first-order chi connectivity index (χ1) is 13.8. The highest BCUT2D eigenvalue weighted by molar-refractivity contribution is 6.31. The number of hydrogen-bond donors (Lipinski definition) is 0. The highest BCUT2D eigenvalue weighted by Crippen LogP contribution is 2.31. The molecule has 0 aliphatic carbocycles. The molecule has 152 valence electrons. The molecule has 1 heterocycles. The third-order valence-corrected chi connectivity index (χ3v) is 5.99. The number of aryl methyl sites for hydroxylation is 2. The van der Waals surface area contributed by atoms with E-state index in [-0.39, 0.29) is 11.5 Å². The SMILES string of the molecule is C=C(c1ccc2c(c1)c(C(C)C)cc(=O)n2CC)N(C)c1ccc(Cl)c(CC)c1. The molecule has 3 aromatic rings. The van der Waals surface area contributed by atoms with Crippen molar-refractivity contribution >= 4 is 33.9 Å². The van der Waals surface area contributed by atoms with Gasteiger partial charge in [0.25, 0.3) is 5.56 Å². The first kappa shape index (κ1) is 21.2. The molecule has 1 aromatic heterocycles. The van der Waals surface area contributed by atoms with E-state index in [9.17, 15) is 4.79 Å². The fourth-order valence-electron chi connectivity index (χ4n) is 3.78. The van der Waals surface area contributed by atoms with Crippen LogP contribution in [0, 0.1) is 0 Å². The quantitative estimate of drug-likeness (QED) is 0.467. The zero-order valence-corrected chi connectivity index (χ0v) is 18.7. The topological polar surface area (TPSA) is 25.2 Å². The average molecular weight is 409 g/mol. The third-order valence-electron chi connectivity index (χ3n) is 5.62. The van der Waals surface area contributed by atoms with E-state index >= 15 is 0 Å². The molecular formula is C25H29ClN2O. The van der Waals surface area contributed by atoms with Crippen LogP contribution >= 0.6 is 11.6 Å². The molecule has 0 saturated heterocycles. The summed E-state index contributed by atoms with van der Waals surface area (Å²) >= 11 is 6.28. The van der Waals surface area contributed by atoms with Gasteiger partial charge in [-0.1, -0.05) is 45.0 Å². The van der Waals surface area contributed by atoms with Crippen LogP contribution in [0.5, 0.6) is 0 Å². The summed E-state index contributed by atoms with van der Waals surface area (Å²) < 4.78 is 1.82. The van der Waals surface area contributed by atoms with Gasteiger partial charge in [-0.3, -0.25) is 4.79 Å². The number of hydrogen-bond acceptors (Lipinski definition) is 2. The van der Waals surface area contributed by atoms with Crippen LogP contribution in [-0.4, -0.2) is 11.6 Å². The van der Waals surface area contributed by atoms with E-state index in [2.05, 4.69) is 44.4 Å². The second-order valence-corrected chi connectivity index (χ2v) is 8.11. The van der Waals surface area contributed by atoms with Gasteiger partial charge in [-0.05, 0) is 66.3 Å². The number of rotatable bonds is 6. The summed E-state index contributed by atoms with van der Waals surface area (Å²) in [6, 6.07) is 14.1. The van der Waals surface area contributed by atoms with Crippen molar-refractivity contribution in [2.24, 2.45) is 0 Å². The fourth-order valence-corrected chi connectivity index (χ4v) is 4.03. The number of anilines is 1. The van der Waals surface area contributed by atoms with Crippen LogP contribution in [0.1, 0.15) is 50.3 Å². The summed E-state index contributed by atoms with van der Waals surface area (Å²) in [4.78, 5) is 14.6. The Balaban J connectivity index is 2.10. The molecule has 0 radical (unpaired) electrons. The Kier molecular flexibility index (Phi) is 6.18. The van der Waals surface area contributed by atoms with E-state index in [1.165, 1.54) is 0 Å². The Morgan fingerprint density at radius 2 is 1.86 bits per heavy atom. The second kappa shape index (κ2) is 8.46. The molecule has 0 amide bonds. The minimum absolute atomic E-state index is 0.0562. The molecule has 0 N–H and O–H groups in total. The van der Waals surface area contributed by atoms with Crippen molar-refractivity contribution in [1.82, 2.24) is 4.57 Å². The number of nitrogens with zero attached hydrogens (tertiary/aromatic N) is 2.